The molecule has 0 bridgehead atoms. The van der Waals surface area contributed by atoms with Gasteiger partial charge in [-0.05, 0) is 42.9 Å². The molecule has 1 aliphatic carbocycles. The van der Waals surface area contributed by atoms with Gasteiger partial charge in [-0.3, -0.25) is 4.79 Å². The van der Waals surface area contributed by atoms with Crippen LogP contribution in [0.5, 0.6) is 0 Å². The first-order chi connectivity index (χ1) is 7.65. The average molecular weight is 224 g/mol. The predicted octanol–water partition coefficient (Wildman–Crippen LogP) is 3.27. The highest BCUT2D eigenvalue weighted by atomic mass is 19.2. The van der Waals surface area contributed by atoms with E-state index in [1.54, 1.807) is 6.07 Å². The van der Waals surface area contributed by atoms with Crippen molar-refractivity contribution in [1.82, 2.24) is 0 Å². The number of hydrogen-bond donors (Lipinski definition) is 0. The van der Waals surface area contributed by atoms with Crippen molar-refractivity contribution < 1.29 is 13.6 Å². The fourth-order valence-corrected chi connectivity index (χ4v) is 2.29. The van der Waals surface area contributed by atoms with Gasteiger partial charge in [-0.1, -0.05) is 6.07 Å². The Morgan fingerprint density at radius 3 is 2.75 bits per heavy atom. The van der Waals surface area contributed by atoms with Crippen LogP contribution in [-0.2, 0) is 11.2 Å². The van der Waals surface area contributed by atoms with Gasteiger partial charge in [0.15, 0.2) is 11.6 Å². The summed E-state index contributed by atoms with van der Waals surface area (Å²) >= 11 is 0. The van der Waals surface area contributed by atoms with Crippen molar-refractivity contribution in [3.63, 3.8) is 0 Å². The fourth-order valence-electron chi connectivity index (χ4n) is 2.29. The van der Waals surface area contributed by atoms with Crippen molar-refractivity contribution in [1.29, 1.82) is 0 Å². The van der Waals surface area contributed by atoms with E-state index in [4.69, 9.17) is 0 Å². The molecular formula is C13H14F2O. The lowest BCUT2D eigenvalue weighted by atomic mass is 9.84. The van der Waals surface area contributed by atoms with Crippen LogP contribution in [0.4, 0.5) is 8.78 Å². The number of carbonyl (C=O) groups is 1. The summed E-state index contributed by atoms with van der Waals surface area (Å²) < 4.78 is 25.7. The lowest BCUT2D eigenvalue weighted by Crippen LogP contribution is -2.16. The van der Waals surface area contributed by atoms with E-state index in [0.29, 0.717) is 31.0 Å². The Labute approximate surface area is 93.5 Å². The summed E-state index contributed by atoms with van der Waals surface area (Å²) in [5, 5.41) is 0. The van der Waals surface area contributed by atoms with Crippen molar-refractivity contribution in [2.24, 2.45) is 5.92 Å². The largest absolute Gasteiger partial charge is 0.300 e. The Balaban J connectivity index is 2.03. The van der Waals surface area contributed by atoms with Crippen LogP contribution in [-0.4, -0.2) is 5.78 Å². The molecule has 3 heteroatoms. The normalized spacial score (nSPS) is 21.1. The van der Waals surface area contributed by atoms with Gasteiger partial charge in [0.05, 0.1) is 0 Å². The fraction of sp³-hybridized carbons (Fsp3) is 0.462. The van der Waals surface area contributed by atoms with Crippen LogP contribution >= 0.6 is 0 Å². The topological polar surface area (TPSA) is 17.1 Å². The standard InChI is InChI=1S/C13H14F2O/c14-12-5-4-10(8-13(12)15)6-9-2-1-3-11(16)7-9/h4-5,8-9H,1-3,6-7H2. The second kappa shape index (κ2) is 4.73. The second-order valence-corrected chi connectivity index (χ2v) is 4.45. The number of benzene rings is 1. The van der Waals surface area contributed by atoms with Gasteiger partial charge >= 0.3 is 0 Å². The smallest absolute Gasteiger partial charge is 0.159 e. The number of ketones is 1. The van der Waals surface area contributed by atoms with Gasteiger partial charge in [-0.2, -0.15) is 0 Å². The molecule has 1 nitrogen and oxygen atoms in total. The lowest BCUT2D eigenvalue weighted by molar-refractivity contribution is -0.121. The van der Waals surface area contributed by atoms with Crippen LogP contribution < -0.4 is 0 Å². The van der Waals surface area contributed by atoms with Gasteiger partial charge in [0.25, 0.3) is 0 Å². The summed E-state index contributed by atoms with van der Waals surface area (Å²) in [6, 6.07) is 3.97. The Morgan fingerprint density at radius 2 is 2.06 bits per heavy atom. The molecule has 0 radical (unpaired) electrons. The molecule has 1 aliphatic rings. The zero-order valence-corrected chi connectivity index (χ0v) is 9.01. The molecule has 0 N–H and O–H groups in total. The van der Waals surface area contributed by atoms with E-state index in [1.165, 1.54) is 6.07 Å². The lowest BCUT2D eigenvalue weighted by Gasteiger charge is -2.20. The van der Waals surface area contributed by atoms with Gasteiger partial charge in [-0.25, -0.2) is 8.78 Å². The van der Waals surface area contributed by atoms with E-state index in [9.17, 15) is 13.6 Å². The number of rotatable bonds is 2. The predicted molar refractivity (Wildman–Crippen MR) is 57.0 cm³/mol. The second-order valence-electron chi connectivity index (χ2n) is 4.45. The van der Waals surface area contributed by atoms with Gasteiger partial charge in [0.1, 0.15) is 5.78 Å². The molecule has 1 atom stereocenters. The zero-order chi connectivity index (χ0) is 11.5. The first-order valence-electron chi connectivity index (χ1n) is 5.61. The van der Waals surface area contributed by atoms with Crippen LogP contribution in [0, 0.1) is 17.6 Å². The third-order valence-corrected chi connectivity index (χ3v) is 3.09. The summed E-state index contributed by atoms with van der Waals surface area (Å²) in [5.74, 6) is -1.03. The highest BCUT2D eigenvalue weighted by Gasteiger charge is 2.19. The van der Waals surface area contributed by atoms with Gasteiger partial charge < -0.3 is 0 Å². The van der Waals surface area contributed by atoms with Crippen LogP contribution in [0.1, 0.15) is 31.2 Å². The molecule has 0 heterocycles. The maximum atomic E-state index is 13.0. The average Bonchev–Trinajstić information content (AvgIpc) is 2.24. The summed E-state index contributed by atoms with van der Waals surface area (Å²) in [4.78, 5) is 11.3. The Kier molecular flexibility index (Phi) is 3.32. The molecular weight excluding hydrogens is 210 g/mol. The maximum Gasteiger partial charge on any atom is 0.159 e. The molecule has 1 saturated carbocycles. The molecule has 0 amide bonds. The third-order valence-electron chi connectivity index (χ3n) is 3.09. The van der Waals surface area contributed by atoms with E-state index in [2.05, 4.69) is 0 Å². The molecule has 1 fully saturated rings. The number of halogens is 2. The third kappa shape index (κ3) is 2.65. The van der Waals surface area contributed by atoms with Gasteiger partial charge in [-0.15, -0.1) is 0 Å². The summed E-state index contributed by atoms with van der Waals surface area (Å²) in [6.45, 7) is 0. The summed E-state index contributed by atoms with van der Waals surface area (Å²) in [6.07, 6.45) is 3.86. The van der Waals surface area contributed by atoms with E-state index in [1.807, 2.05) is 0 Å². The first-order valence-corrected chi connectivity index (χ1v) is 5.61. The van der Waals surface area contributed by atoms with E-state index >= 15 is 0 Å². The molecule has 1 aromatic rings. The SMILES string of the molecule is O=C1CCCC(Cc2ccc(F)c(F)c2)C1. The molecule has 1 unspecified atom stereocenters. The van der Waals surface area contributed by atoms with Crippen molar-refractivity contribution >= 4 is 5.78 Å². The van der Waals surface area contributed by atoms with Gasteiger partial charge in [0, 0.05) is 12.8 Å². The van der Waals surface area contributed by atoms with Crippen LogP contribution in [0.3, 0.4) is 0 Å². The minimum Gasteiger partial charge on any atom is -0.300 e. The summed E-state index contributed by atoms with van der Waals surface area (Å²) in [5.41, 5.74) is 0.776. The van der Waals surface area contributed by atoms with Crippen molar-refractivity contribution in [2.45, 2.75) is 32.1 Å². The van der Waals surface area contributed by atoms with E-state index in [0.717, 1.165) is 24.5 Å². The number of Topliss-reactive ketones (excluding diaryl/α,β-unsaturated/α-hetero) is 1. The van der Waals surface area contributed by atoms with Crippen LogP contribution in [0.15, 0.2) is 18.2 Å². The Morgan fingerprint density at radius 1 is 1.25 bits per heavy atom. The molecule has 0 aliphatic heterocycles. The zero-order valence-electron chi connectivity index (χ0n) is 9.01. The van der Waals surface area contributed by atoms with Crippen LogP contribution in [0.2, 0.25) is 0 Å². The Bertz CT molecular complexity index is 401. The maximum absolute atomic E-state index is 13.0. The summed E-state index contributed by atoms with van der Waals surface area (Å²) in [7, 11) is 0. The molecule has 1 aromatic carbocycles. The van der Waals surface area contributed by atoms with Crippen molar-refractivity contribution in [2.75, 3.05) is 0 Å². The molecule has 0 aromatic heterocycles. The monoisotopic (exact) mass is 224 g/mol. The molecule has 86 valence electrons. The minimum absolute atomic E-state index is 0.291. The molecule has 0 saturated heterocycles. The Hall–Kier alpha value is -1.25. The highest BCUT2D eigenvalue weighted by Crippen LogP contribution is 2.25. The quantitative estimate of drug-likeness (QED) is 0.753. The van der Waals surface area contributed by atoms with E-state index < -0.39 is 11.6 Å². The van der Waals surface area contributed by atoms with E-state index in [-0.39, 0.29) is 0 Å². The highest BCUT2D eigenvalue weighted by molar-refractivity contribution is 5.79. The van der Waals surface area contributed by atoms with Crippen molar-refractivity contribution in [3.8, 4) is 0 Å². The van der Waals surface area contributed by atoms with Crippen LogP contribution in [0.25, 0.3) is 0 Å². The molecule has 2 rings (SSSR count). The van der Waals surface area contributed by atoms with Gasteiger partial charge in [0.2, 0.25) is 0 Å². The number of hydrogen-bond acceptors (Lipinski definition) is 1. The number of carbonyl (C=O) groups excluding carboxylic acids is 1. The molecule has 0 spiro atoms. The first kappa shape index (κ1) is 11.2. The molecule has 16 heavy (non-hydrogen) atoms. The van der Waals surface area contributed by atoms with Crippen molar-refractivity contribution in [3.05, 3.63) is 35.4 Å². The minimum atomic E-state index is -0.816.